The molecule has 0 aliphatic rings. The number of carboxylic acid groups (broad SMARTS) is 1. The normalized spacial score (nSPS) is 10.3. The standard InChI is InChI=1S/C13H9Cl2NO3/c1-7-2-8(13(17)18)6-16-12(7)19-11-4-9(14)3-10(15)5-11/h2-6H,1H3,(H,17,18). The third-order valence-electron chi connectivity index (χ3n) is 2.33. The lowest BCUT2D eigenvalue weighted by molar-refractivity contribution is 0.0696. The third-order valence-corrected chi connectivity index (χ3v) is 2.76. The fourth-order valence-corrected chi connectivity index (χ4v) is 1.99. The summed E-state index contributed by atoms with van der Waals surface area (Å²) >= 11 is 11.7. The van der Waals surface area contributed by atoms with Crippen molar-refractivity contribution in [2.75, 3.05) is 0 Å². The van der Waals surface area contributed by atoms with Gasteiger partial charge in [0.25, 0.3) is 0 Å². The lowest BCUT2D eigenvalue weighted by Crippen LogP contribution is -1.99. The number of rotatable bonds is 3. The average Bonchev–Trinajstić information content (AvgIpc) is 2.30. The van der Waals surface area contributed by atoms with Crippen LogP contribution in [-0.4, -0.2) is 16.1 Å². The van der Waals surface area contributed by atoms with E-state index in [2.05, 4.69) is 4.98 Å². The summed E-state index contributed by atoms with van der Waals surface area (Å²) in [6.07, 6.45) is 1.23. The Morgan fingerprint density at radius 1 is 1.21 bits per heavy atom. The lowest BCUT2D eigenvalue weighted by Gasteiger charge is -2.08. The molecule has 1 aromatic heterocycles. The molecule has 0 saturated carbocycles. The fourth-order valence-electron chi connectivity index (χ4n) is 1.49. The van der Waals surface area contributed by atoms with Crippen LogP contribution in [0.2, 0.25) is 10.0 Å². The zero-order valence-corrected chi connectivity index (χ0v) is 11.4. The molecule has 0 saturated heterocycles. The minimum atomic E-state index is -1.03. The molecule has 1 aromatic carbocycles. The van der Waals surface area contributed by atoms with Crippen LogP contribution in [0.5, 0.6) is 11.6 Å². The minimum absolute atomic E-state index is 0.106. The van der Waals surface area contributed by atoms with Gasteiger partial charge in [-0.15, -0.1) is 0 Å². The summed E-state index contributed by atoms with van der Waals surface area (Å²) in [5, 5.41) is 9.74. The van der Waals surface area contributed by atoms with E-state index in [4.69, 9.17) is 33.0 Å². The Bertz CT molecular complexity index is 624. The molecule has 6 heteroatoms. The van der Waals surface area contributed by atoms with Gasteiger partial charge in [0.05, 0.1) is 5.56 Å². The van der Waals surface area contributed by atoms with Gasteiger partial charge in [0.2, 0.25) is 5.88 Å². The smallest absolute Gasteiger partial charge is 0.337 e. The maximum absolute atomic E-state index is 10.8. The summed E-state index contributed by atoms with van der Waals surface area (Å²) in [6, 6.07) is 6.26. The number of aryl methyl sites for hydroxylation is 1. The number of carboxylic acids is 1. The van der Waals surface area contributed by atoms with E-state index in [1.165, 1.54) is 12.3 Å². The van der Waals surface area contributed by atoms with Crippen LogP contribution >= 0.6 is 23.2 Å². The van der Waals surface area contributed by atoms with Gasteiger partial charge in [-0.1, -0.05) is 23.2 Å². The molecule has 1 heterocycles. The first-order valence-electron chi connectivity index (χ1n) is 5.29. The molecular weight excluding hydrogens is 289 g/mol. The van der Waals surface area contributed by atoms with Gasteiger partial charge >= 0.3 is 5.97 Å². The first-order valence-corrected chi connectivity index (χ1v) is 6.05. The average molecular weight is 298 g/mol. The van der Waals surface area contributed by atoms with Crippen molar-refractivity contribution in [3.8, 4) is 11.6 Å². The van der Waals surface area contributed by atoms with Crippen molar-refractivity contribution in [3.05, 3.63) is 51.6 Å². The summed E-state index contributed by atoms with van der Waals surface area (Å²) in [6.45, 7) is 1.71. The number of ether oxygens (including phenoxy) is 1. The molecule has 0 amide bonds. The first-order chi connectivity index (χ1) is 8.95. The quantitative estimate of drug-likeness (QED) is 0.923. The molecule has 1 N–H and O–H groups in total. The number of pyridine rings is 1. The third kappa shape index (κ3) is 3.36. The zero-order chi connectivity index (χ0) is 14.0. The first kappa shape index (κ1) is 13.6. The molecule has 0 unspecified atom stereocenters. The topological polar surface area (TPSA) is 59.4 Å². The molecule has 2 aromatic rings. The fraction of sp³-hybridized carbons (Fsp3) is 0.0769. The molecule has 0 atom stereocenters. The van der Waals surface area contributed by atoms with E-state index in [1.54, 1.807) is 25.1 Å². The molecular formula is C13H9Cl2NO3. The van der Waals surface area contributed by atoms with Crippen molar-refractivity contribution >= 4 is 29.2 Å². The van der Waals surface area contributed by atoms with Crippen molar-refractivity contribution in [2.24, 2.45) is 0 Å². The largest absolute Gasteiger partial charge is 0.478 e. The van der Waals surface area contributed by atoms with Gasteiger partial charge in [-0.25, -0.2) is 9.78 Å². The van der Waals surface area contributed by atoms with Gasteiger partial charge in [0.15, 0.2) is 0 Å². The number of aromatic nitrogens is 1. The second-order valence-electron chi connectivity index (χ2n) is 3.86. The number of hydrogen-bond donors (Lipinski definition) is 1. The highest BCUT2D eigenvalue weighted by molar-refractivity contribution is 6.34. The molecule has 2 rings (SSSR count). The lowest BCUT2D eigenvalue weighted by atomic mass is 10.2. The number of carbonyl (C=O) groups is 1. The maximum Gasteiger partial charge on any atom is 0.337 e. The van der Waals surface area contributed by atoms with Gasteiger partial charge in [-0.05, 0) is 31.2 Å². The summed E-state index contributed by atoms with van der Waals surface area (Å²) in [5.74, 6) is -0.285. The van der Waals surface area contributed by atoms with Crippen LogP contribution in [0, 0.1) is 6.92 Å². The van der Waals surface area contributed by atoms with Crippen molar-refractivity contribution in [1.29, 1.82) is 0 Å². The van der Waals surface area contributed by atoms with Crippen LogP contribution in [0.15, 0.2) is 30.5 Å². The van der Waals surface area contributed by atoms with Crippen molar-refractivity contribution in [2.45, 2.75) is 6.92 Å². The van der Waals surface area contributed by atoms with E-state index in [1.807, 2.05) is 0 Å². The van der Waals surface area contributed by atoms with Crippen LogP contribution in [0.25, 0.3) is 0 Å². The zero-order valence-electron chi connectivity index (χ0n) is 9.85. The Balaban J connectivity index is 2.30. The van der Waals surface area contributed by atoms with Gasteiger partial charge in [0.1, 0.15) is 5.75 Å². The molecule has 0 bridgehead atoms. The van der Waals surface area contributed by atoms with Gasteiger partial charge in [-0.2, -0.15) is 0 Å². The van der Waals surface area contributed by atoms with E-state index in [0.717, 1.165) is 0 Å². The van der Waals surface area contributed by atoms with Crippen molar-refractivity contribution in [1.82, 2.24) is 4.98 Å². The molecule has 0 spiro atoms. The summed E-state index contributed by atoms with van der Waals surface area (Å²) in [7, 11) is 0. The van der Waals surface area contributed by atoms with E-state index >= 15 is 0 Å². The number of nitrogens with zero attached hydrogens (tertiary/aromatic N) is 1. The Morgan fingerprint density at radius 3 is 2.37 bits per heavy atom. The highest BCUT2D eigenvalue weighted by Crippen LogP contribution is 2.29. The highest BCUT2D eigenvalue weighted by atomic mass is 35.5. The van der Waals surface area contributed by atoms with Crippen LogP contribution in [-0.2, 0) is 0 Å². The van der Waals surface area contributed by atoms with E-state index in [0.29, 0.717) is 27.2 Å². The van der Waals surface area contributed by atoms with E-state index in [9.17, 15) is 4.79 Å². The maximum atomic E-state index is 10.8. The van der Waals surface area contributed by atoms with Gasteiger partial charge in [0, 0.05) is 21.8 Å². The minimum Gasteiger partial charge on any atom is -0.478 e. The Morgan fingerprint density at radius 2 is 1.84 bits per heavy atom. The Hall–Kier alpha value is -1.78. The monoisotopic (exact) mass is 297 g/mol. The molecule has 98 valence electrons. The van der Waals surface area contributed by atoms with Crippen LogP contribution in [0.4, 0.5) is 0 Å². The SMILES string of the molecule is Cc1cc(C(=O)O)cnc1Oc1cc(Cl)cc(Cl)c1. The number of halogens is 2. The highest BCUT2D eigenvalue weighted by Gasteiger charge is 2.09. The van der Waals surface area contributed by atoms with E-state index < -0.39 is 5.97 Å². The van der Waals surface area contributed by atoms with E-state index in [-0.39, 0.29) is 5.56 Å². The van der Waals surface area contributed by atoms with Gasteiger partial charge in [-0.3, -0.25) is 0 Å². The molecule has 4 nitrogen and oxygen atoms in total. The number of aromatic carboxylic acids is 1. The van der Waals surface area contributed by atoms with Crippen LogP contribution in [0.1, 0.15) is 15.9 Å². The number of benzene rings is 1. The molecule has 0 radical (unpaired) electrons. The molecule has 0 aliphatic carbocycles. The predicted octanol–water partition coefficient (Wildman–Crippen LogP) is 4.19. The second-order valence-corrected chi connectivity index (χ2v) is 4.73. The Kier molecular flexibility index (Phi) is 3.93. The second kappa shape index (κ2) is 5.47. The molecule has 0 fully saturated rings. The summed E-state index contributed by atoms with van der Waals surface area (Å²) in [4.78, 5) is 14.8. The van der Waals surface area contributed by atoms with Gasteiger partial charge < -0.3 is 9.84 Å². The Labute approximate surface area is 119 Å². The molecule has 0 aliphatic heterocycles. The van der Waals surface area contributed by atoms with Crippen LogP contribution < -0.4 is 4.74 Å². The number of hydrogen-bond acceptors (Lipinski definition) is 3. The molecule has 19 heavy (non-hydrogen) atoms. The predicted molar refractivity (Wildman–Crippen MR) is 72.5 cm³/mol. The van der Waals surface area contributed by atoms with Crippen LogP contribution in [0.3, 0.4) is 0 Å². The van der Waals surface area contributed by atoms with Crippen molar-refractivity contribution in [3.63, 3.8) is 0 Å². The summed E-state index contributed by atoms with van der Waals surface area (Å²) in [5.41, 5.74) is 0.713. The summed E-state index contributed by atoms with van der Waals surface area (Å²) < 4.78 is 5.53. The van der Waals surface area contributed by atoms with Crippen molar-refractivity contribution < 1.29 is 14.6 Å².